The van der Waals surface area contributed by atoms with E-state index in [1.165, 1.54) is 0 Å². The van der Waals surface area contributed by atoms with Gasteiger partial charge in [0, 0.05) is 17.5 Å². The van der Waals surface area contributed by atoms with Crippen LogP contribution in [0.5, 0.6) is 0 Å². The van der Waals surface area contributed by atoms with Crippen molar-refractivity contribution >= 4 is 22.8 Å². The van der Waals surface area contributed by atoms with Gasteiger partial charge in [0.05, 0.1) is 5.52 Å². The fourth-order valence-corrected chi connectivity index (χ4v) is 3.25. The molecule has 0 aliphatic heterocycles. The van der Waals surface area contributed by atoms with E-state index in [9.17, 15) is 9.59 Å². The van der Waals surface area contributed by atoms with Crippen LogP contribution in [0.15, 0.2) is 30.5 Å². The number of fused-ring (bicyclic) bond motifs is 1. The summed E-state index contributed by atoms with van der Waals surface area (Å²) in [6.07, 6.45) is 6.26. The van der Waals surface area contributed by atoms with Gasteiger partial charge in [-0.3, -0.25) is 9.36 Å². The van der Waals surface area contributed by atoms with Crippen molar-refractivity contribution in [2.24, 2.45) is 5.92 Å². The summed E-state index contributed by atoms with van der Waals surface area (Å²) in [6.45, 7) is 9.41. The third kappa shape index (κ3) is 5.20. The molecule has 1 aromatic heterocycles. The second-order valence-corrected chi connectivity index (χ2v) is 8.03. The summed E-state index contributed by atoms with van der Waals surface area (Å²) in [5.41, 5.74) is 1.32. The Morgan fingerprint density at radius 1 is 1.15 bits per heavy atom. The van der Waals surface area contributed by atoms with Crippen LogP contribution in [0.3, 0.4) is 0 Å². The first-order valence-electron chi connectivity index (χ1n) is 9.55. The molecule has 0 spiro atoms. The number of aromatic nitrogens is 1. The molecule has 0 aliphatic rings. The fraction of sp³-hybridized carbons (Fsp3) is 0.545. The molecule has 1 atom stereocenters. The molecule has 0 aliphatic carbocycles. The number of carbonyl (C=O) groups is 2. The number of nitrogens with zero attached hydrogens (tertiary/aromatic N) is 1. The average Bonchev–Trinajstić information content (AvgIpc) is 2.97. The van der Waals surface area contributed by atoms with Gasteiger partial charge in [-0.2, -0.15) is 0 Å². The van der Waals surface area contributed by atoms with Crippen LogP contribution in [0, 0.1) is 5.92 Å². The van der Waals surface area contributed by atoms with Crippen molar-refractivity contribution < 1.29 is 14.3 Å². The third-order valence-corrected chi connectivity index (χ3v) is 4.58. The summed E-state index contributed by atoms with van der Waals surface area (Å²) < 4.78 is 7.10. The molecule has 0 saturated carbocycles. The van der Waals surface area contributed by atoms with Crippen molar-refractivity contribution in [3.63, 3.8) is 0 Å². The summed E-state index contributed by atoms with van der Waals surface area (Å²) in [7, 11) is 0. The minimum Gasteiger partial charge on any atom is -0.443 e. The second kappa shape index (κ2) is 8.52. The number of Topliss-reactive ketones (excluding diaryl/α,β-unsaturated/α-hetero) is 1. The molecular formula is C22H31NO3. The van der Waals surface area contributed by atoms with Gasteiger partial charge in [-0.1, -0.05) is 44.4 Å². The summed E-state index contributed by atoms with van der Waals surface area (Å²) in [5.74, 6) is 0.211. The number of carbonyl (C=O) groups excluding carboxylic acids is 2. The van der Waals surface area contributed by atoms with Crippen LogP contribution in [0.2, 0.25) is 0 Å². The van der Waals surface area contributed by atoms with E-state index < -0.39 is 5.60 Å². The van der Waals surface area contributed by atoms with Gasteiger partial charge in [0.15, 0.2) is 0 Å². The van der Waals surface area contributed by atoms with Crippen molar-refractivity contribution in [3.05, 3.63) is 36.0 Å². The SMILES string of the molecule is CCCCCC(Cc1cccc2ccn(C(=O)OC(C)(C)C)c12)C(C)=O. The predicted octanol–water partition coefficient (Wildman–Crippen LogP) is 5.75. The summed E-state index contributed by atoms with van der Waals surface area (Å²) >= 11 is 0. The Kier molecular flexibility index (Phi) is 6.63. The van der Waals surface area contributed by atoms with Crippen molar-refractivity contribution in [1.29, 1.82) is 0 Å². The molecular weight excluding hydrogens is 326 g/mol. The summed E-state index contributed by atoms with van der Waals surface area (Å²) in [6, 6.07) is 7.90. The molecule has 2 aromatic rings. The Hall–Kier alpha value is -2.10. The molecule has 26 heavy (non-hydrogen) atoms. The zero-order valence-electron chi connectivity index (χ0n) is 16.7. The van der Waals surface area contributed by atoms with Gasteiger partial charge < -0.3 is 4.74 Å². The highest BCUT2D eigenvalue weighted by molar-refractivity contribution is 5.92. The fourth-order valence-electron chi connectivity index (χ4n) is 3.25. The monoisotopic (exact) mass is 357 g/mol. The number of para-hydroxylation sites is 1. The molecule has 0 saturated heterocycles. The highest BCUT2D eigenvalue weighted by Crippen LogP contribution is 2.26. The Morgan fingerprint density at radius 3 is 2.50 bits per heavy atom. The smallest absolute Gasteiger partial charge is 0.418 e. The van der Waals surface area contributed by atoms with Crippen LogP contribution in [0.1, 0.15) is 65.9 Å². The first kappa shape index (κ1) is 20.2. The van der Waals surface area contributed by atoms with Gasteiger partial charge >= 0.3 is 6.09 Å². The Bertz CT molecular complexity index is 767. The van der Waals surface area contributed by atoms with Crippen LogP contribution in [-0.2, 0) is 16.0 Å². The number of benzene rings is 1. The number of ether oxygens (including phenoxy) is 1. The molecule has 0 amide bonds. The van der Waals surface area contributed by atoms with Gasteiger partial charge in [0.2, 0.25) is 0 Å². The number of rotatable bonds is 7. The molecule has 2 rings (SSSR count). The van der Waals surface area contributed by atoms with Gasteiger partial charge in [0.25, 0.3) is 0 Å². The lowest BCUT2D eigenvalue weighted by molar-refractivity contribution is -0.120. The quantitative estimate of drug-likeness (QED) is 0.593. The Balaban J connectivity index is 2.33. The maximum absolute atomic E-state index is 12.6. The Labute approximate surface area is 156 Å². The van der Waals surface area contributed by atoms with Crippen molar-refractivity contribution in [2.45, 2.75) is 72.3 Å². The normalized spacial score (nSPS) is 13.0. The summed E-state index contributed by atoms with van der Waals surface area (Å²) in [5, 5.41) is 0.990. The molecule has 1 unspecified atom stereocenters. The average molecular weight is 357 g/mol. The van der Waals surface area contributed by atoms with E-state index in [0.29, 0.717) is 6.42 Å². The zero-order valence-corrected chi connectivity index (χ0v) is 16.7. The van der Waals surface area contributed by atoms with Crippen LogP contribution >= 0.6 is 0 Å². The van der Waals surface area contributed by atoms with E-state index in [1.807, 2.05) is 45.0 Å². The molecule has 4 heteroatoms. The minimum absolute atomic E-state index is 0.00543. The lowest BCUT2D eigenvalue weighted by Crippen LogP contribution is -2.27. The van der Waals surface area contributed by atoms with Crippen LogP contribution in [-0.4, -0.2) is 22.0 Å². The number of ketones is 1. The van der Waals surface area contributed by atoms with Gasteiger partial charge in [-0.05, 0) is 52.2 Å². The molecule has 0 bridgehead atoms. The van der Waals surface area contributed by atoms with E-state index in [2.05, 4.69) is 6.92 Å². The first-order chi connectivity index (χ1) is 12.2. The highest BCUT2D eigenvalue weighted by atomic mass is 16.6. The van der Waals surface area contributed by atoms with Gasteiger partial charge in [-0.25, -0.2) is 4.79 Å². The minimum atomic E-state index is -0.551. The highest BCUT2D eigenvalue weighted by Gasteiger charge is 2.22. The van der Waals surface area contributed by atoms with Crippen LogP contribution in [0.25, 0.3) is 10.9 Å². The zero-order chi connectivity index (χ0) is 19.3. The molecule has 1 heterocycles. The number of hydrogen-bond acceptors (Lipinski definition) is 3. The standard InChI is InChI=1S/C22H31NO3/c1-6-7-8-10-18(16(2)24)15-19-12-9-11-17-13-14-23(20(17)19)21(25)26-22(3,4)5/h9,11-14,18H,6-8,10,15H2,1-5H3. The molecule has 0 radical (unpaired) electrons. The van der Waals surface area contributed by atoms with E-state index in [-0.39, 0.29) is 17.8 Å². The van der Waals surface area contributed by atoms with E-state index in [0.717, 1.165) is 42.1 Å². The Morgan fingerprint density at radius 2 is 1.88 bits per heavy atom. The van der Waals surface area contributed by atoms with Gasteiger partial charge in [-0.15, -0.1) is 0 Å². The largest absolute Gasteiger partial charge is 0.443 e. The van der Waals surface area contributed by atoms with E-state index in [1.54, 1.807) is 17.7 Å². The number of hydrogen-bond donors (Lipinski definition) is 0. The second-order valence-electron chi connectivity index (χ2n) is 8.03. The van der Waals surface area contributed by atoms with E-state index in [4.69, 9.17) is 4.74 Å². The molecule has 4 nitrogen and oxygen atoms in total. The number of unbranched alkanes of at least 4 members (excludes halogenated alkanes) is 2. The third-order valence-electron chi connectivity index (χ3n) is 4.58. The molecule has 0 N–H and O–H groups in total. The van der Waals surface area contributed by atoms with E-state index >= 15 is 0 Å². The van der Waals surface area contributed by atoms with Crippen LogP contribution in [0.4, 0.5) is 4.79 Å². The van der Waals surface area contributed by atoms with Crippen molar-refractivity contribution in [3.8, 4) is 0 Å². The molecule has 1 aromatic carbocycles. The predicted molar refractivity (Wildman–Crippen MR) is 106 cm³/mol. The topological polar surface area (TPSA) is 48.3 Å². The summed E-state index contributed by atoms with van der Waals surface area (Å²) in [4.78, 5) is 24.7. The lowest BCUT2D eigenvalue weighted by Gasteiger charge is -2.21. The first-order valence-corrected chi connectivity index (χ1v) is 9.55. The van der Waals surface area contributed by atoms with Gasteiger partial charge in [0.1, 0.15) is 11.4 Å². The van der Waals surface area contributed by atoms with Crippen molar-refractivity contribution in [2.75, 3.05) is 0 Å². The van der Waals surface area contributed by atoms with Crippen LogP contribution < -0.4 is 0 Å². The maximum Gasteiger partial charge on any atom is 0.418 e. The molecule has 0 fully saturated rings. The van der Waals surface area contributed by atoms with Crippen molar-refractivity contribution in [1.82, 2.24) is 4.57 Å². The maximum atomic E-state index is 12.6. The lowest BCUT2D eigenvalue weighted by atomic mass is 9.90. The molecule has 142 valence electrons.